The minimum atomic E-state index is -3.97. The van der Waals surface area contributed by atoms with Crippen LogP contribution in [0.2, 0.25) is 5.02 Å². The molecule has 2 aromatic carbocycles. The number of nitrogens with zero attached hydrogens (tertiary/aromatic N) is 2. The highest BCUT2D eigenvalue weighted by molar-refractivity contribution is 7.89. The number of piperidine rings is 1. The van der Waals surface area contributed by atoms with Gasteiger partial charge in [-0.1, -0.05) is 30.2 Å². The molecule has 0 saturated carbocycles. The zero-order chi connectivity index (χ0) is 20.3. The molecule has 0 bridgehead atoms. The predicted molar refractivity (Wildman–Crippen MR) is 106 cm³/mol. The summed E-state index contributed by atoms with van der Waals surface area (Å²) in [5.41, 5.74) is 0.966. The Bertz CT molecular complexity index is 975. The number of halogens is 2. The average molecular weight is 425 g/mol. The highest BCUT2D eigenvalue weighted by Gasteiger charge is 2.29. The molecule has 28 heavy (non-hydrogen) atoms. The topological polar surface area (TPSA) is 57.7 Å². The van der Waals surface area contributed by atoms with Crippen molar-refractivity contribution in [1.82, 2.24) is 9.21 Å². The minimum absolute atomic E-state index is 0.126. The number of carbonyl (C=O) groups excluding carboxylic acids is 1. The van der Waals surface area contributed by atoms with Gasteiger partial charge >= 0.3 is 0 Å². The van der Waals surface area contributed by atoms with E-state index >= 15 is 0 Å². The molecule has 0 atom stereocenters. The fraction of sp³-hybridized carbons (Fsp3) is 0.350. The van der Waals surface area contributed by atoms with Crippen molar-refractivity contribution in [3.63, 3.8) is 0 Å². The van der Waals surface area contributed by atoms with E-state index < -0.39 is 26.6 Å². The van der Waals surface area contributed by atoms with Crippen LogP contribution in [0.15, 0.2) is 47.4 Å². The minimum Gasteiger partial charge on any atom is -0.337 e. The number of hydrogen-bond acceptors (Lipinski definition) is 3. The maximum absolute atomic E-state index is 14.3. The van der Waals surface area contributed by atoms with Crippen LogP contribution in [0.1, 0.15) is 35.2 Å². The lowest BCUT2D eigenvalue weighted by Gasteiger charge is -2.26. The van der Waals surface area contributed by atoms with Crippen LogP contribution in [0.3, 0.4) is 0 Å². The maximum Gasteiger partial charge on any atom is 0.253 e. The molecule has 1 heterocycles. The van der Waals surface area contributed by atoms with Gasteiger partial charge in [0.2, 0.25) is 10.0 Å². The Morgan fingerprint density at radius 1 is 1.14 bits per heavy atom. The van der Waals surface area contributed by atoms with Gasteiger partial charge in [0, 0.05) is 37.3 Å². The second-order valence-electron chi connectivity index (χ2n) is 6.90. The Kier molecular flexibility index (Phi) is 6.37. The van der Waals surface area contributed by atoms with Gasteiger partial charge in [-0.3, -0.25) is 4.79 Å². The van der Waals surface area contributed by atoms with Crippen LogP contribution in [0.25, 0.3) is 0 Å². The number of hydrogen-bond donors (Lipinski definition) is 0. The number of rotatable bonds is 5. The summed E-state index contributed by atoms with van der Waals surface area (Å²) in [6.45, 7) is 1.04. The summed E-state index contributed by atoms with van der Waals surface area (Å²) in [7, 11) is -2.37. The van der Waals surface area contributed by atoms with Crippen LogP contribution >= 0.6 is 11.6 Å². The lowest BCUT2D eigenvalue weighted by Crippen LogP contribution is -2.36. The Morgan fingerprint density at radius 2 is 1.86 bits per heavy atom. The van der Waals surface area contributed by atoms with Gasteiger partial charge in [0.05, 0.1) is 0 Å². The van der Waals surface area contributed by atoms with E-state index in [0.29, 0.717) is 24.7 Å². The molecule has 0 aliphatic carbocycles. The average Bonchev–Trinajstić information content (AvgIpc) is 2.68. The fourth-order valence-electron chi connectivity index (χ4n) is 3.28. The SMILES string of the molecule is CN(Cc1cccc(Cl)c1)C(=O)c1ccc(F)c(S(=O)(=O)N2CCCCC2)c1. The lowest BCUT2D eigenvalue weighted by molar-refractivity contribution is 0.0784. The van der Waals surface area contributed by atoms with Crippen molar-refractivity contribution in [2.45, 2.75) is 30.7 Å². The van der Waals surface area contributed by atoms with Crippen molar-refractivity contribution in [2.24, 2.45) is 0 Å². The summed E-state index contributed by atoms with van der Waals surface area (Å²) >= 11 is 5.97. The number of sulfonamides is 1. The molecule has 150 valence electrons. The quantitative estimate of drug-likeness (QED) is 0.730. The van der Waals surface area contributed by atoms with Gasteiger partial charge in [0.15, 0.2) is 0 Å². The first kappa shape index (κ1) is 20.8. The van der Waals surface area contributed by atoms with E-state index in [4.69, 9.17) is 11.6 Å². The van der Waals surface area contributed by atoms with Gasteiger partial charge in [-0.15, -0.1) is 0 Å². The standard InChI is InChI=1S/C20H22ClFN2O3S/c1-23(14-15-6-5-7-17(21)12-15)20(25)16-8-9-18(22)19(13-16)28(26,27)24-10-3-2-4-11-24/h5-9,12-13H,2-4,10-11,14H2,1H3. The second kappa shape index (κ2) is 8.59. The molecule has 1 saturated heterocycles. The Balaban J connectivity index is 1.84. The predicted octanol–water partition coefficient (Wildman–Crippen LogP) is 3.93. The molecule has 1 fully saturated rings. The molecular weight excluding hydrogens is 403 g/mol. The van der Waals surface area contributed by atoms with Crippen LogP contribution in [0.4, 0.5) is 4.39 Å². The first-order chi connectivity index (χ1) is 13.3. The van der Waals surface area contributed by atoms with Gasteiger partial charge < -0.3 is 4.90 Å². The molecule has 1 amide bonds. The van der Waals surface area contributed by atoms with Crippen molar-refractivity contribution < 1.29 is 17.6 Å². The van der Waals surface area contributed by atoms with Crippen LogP contribution in [-0.2, 0) is 16.6 Å². The summed E-state index contributed by atoms with van der Waals surface area (Å²) in [4.78, 5) is 13.8. The Hall–Kier alpha value is -1.96. The van der Waals surface area contributed by atoms with Crippen LogP contribution in [-0.4, -0.2) is 43.7 Å². The third kappa shape index (κ3) is 4.54. The third-order valence-corrected chi connectivity index (χ3v) is 6.92. The first-order valence-electron chi connectivity index (χ1n) is 9.08. The fourth-order valence-corrected chi connectivity index (χ4v) is 5.10. The zero-order valence-corrected chi connectivity index (χ0v) is 17.1. The molecule has 0 radical (unpaired) electrons. The smallest absolute Gasteiger partial charge is 0.253 e. The van der Waals surface area contributed by atoms with E-state index in [9.17, 15) is 17.6 Å². The van der Waals surface area contributed by atoms with Gasteiger partial charge in [-0.25, -0.2) is 12.8 Å². The molecule has 3 rings (SSSR count). The molecule has 1 aliphatic heterocycles. The van der Waals surface area contributed by atoms with Crippen LogP contribution < -0.4 is 0 Å². The number of amides is 1. The van der Waals surface area contributed by atoms with Crippen molar-refractivity contribution in [3.8, 4) is 0 Å². The molecule has 8 heteroatoms. The highest BCUT2D eigenvalue weighted by atomic mass is 35.5. The molecule has 2 aromatic rings. The van der Waals surface area contributed by atoms with E-state index in [2.05, 4.69) is 0 Å². The molecule has 0 N–H and O–H groups in total. The van der Waals surface area contributed by atoms with Crippen molar-refractivity contribution >= 4 is 27.5 Å². The van der Waals surface area contributed by atoms with Crippen molar-refractivity contribution in [2.75, 3.05) is 20.1 Å². The van der Waals surface area contributed by atoms with Crippen LogP contribution in [0, 0.1) is 5.82 Å². The van der Waals surface area contributed by atoms with Gasteiger partial charge in [0.1, 0.15) is 10.7 Å². The molecule has 0 spiro atoms. The largest absolute Gasteiger partial charge is 0.337 e. The third-order valence-electron chi connectivity index (χ3n) is 4.77. The van der Waals surface area contributed by atoms with E-state index in [0.717, 1.165) is 37.0 Å². The molecule has 5 nitrogen and oxygen atoms in total. The Labute approximate surface area is 169 Å². The first-order valence-corrected chi connectivity index (χ1v) is 10.9. The molecular formula is C20H22ClFN2O3S. The summed E-state index contributed by atoms with van der Waals surface area (Å²) in [6, 6.07) is 10.6. The number of benzene rings is 2. The monoisotopic (exact) mass is 424 g/mol. The van der Waals surface area contributed by atoms with E-state index in [1.807, 2.05) is 6.07 Å². The molecule has 1 aliphatic rings. The highest BCUT2D eigenvalue weighted by Crippen LogP contribution is 2.24. The maximum atomic E-state index is 14.3. The van der Waals surface area contributed by atoms with E-state index in [1.165, 1.54) is 15.3 Å². The van der Waals surface area contributed by atoms with Gasteiger partial charge in [-0.05, 0) is 48.7 Å². The second-order valence-corrected chi connectivity index (χ2v) is 9.24. The lowest BCUT2D eigenvalue weighted by atomic mass is 10.1. The van der Waals surface area contributed by atoms with E-state index in [1.54, 1.807) is 25.2 Å². The summed E-state index contributed by atoms with van der Waals surface area (Å²) in [6.07, 6.45) is 2.46. The molecule has 0 aromatic heterocycles. The normalized spacial score (nSPS) is 15.4. The summed E-state index contributed by atoms with van der Waals surface area (Å²) in [5, 5.41) is 0.565. The summed E-state index contributed by atoms with van der Waals surface area (Å²) < 4.78 is 41.3. The van der Waals surface area contributed by atoms with Crippen molar-refractivity contribution in [1.29, 1.82) is 0 Å². The zero-order valence-electron chi connectivity index (χ0n) is 15.6. The molecule has 0 unspecified atom stereocenters. The van der Waals surface area contributed by atoms with Crippen LogP contribution in [0.5, 0.6) is 0 Å². The van der Waals surface area contributed by atoms with Gasteiger partial charge in [0.25, 0.3) is 5.91 Å². The number of carbonyl (C=O) groups is 1. The van der Waals surface area contributed by atoms with Crippen molar-refractivity contribution in [3.05, 3.63) is 64.4 Å². The summed E-state index contributed by atoms with van der Waals surface area (Å²) in [5.74, 6) is -1.24. The Morgan fingerprint density at radius 3 is 2.54 bits per heavy atom. The van der Waals surface area contributed by atoms with E-state index in [-0.39, 0.29) is 5.56 Å². The van der Waals surface area contributed by atoms with Gasteiger partial charge in [-0.2, -0.15) is 4.31 Å².